The Kier molecular flexibility index (Phi) is 10.0. The SMILES string of the molecule is CC[C@H](C)NC(=O)[C@@H](Cc1ccccc1)N(Cc1ccc(Cl)cc1)C(=O)COc1ccccc1Cl. The predicted molar refractivity (Wildman–Crippen MR) is 141 cm³/mol. The fourth-order valence-corrected chi connectivity index (χ4v) is 3.88. The quantitative estimate of drug-likeness (QED) is 0.346. The summed E-state index contributed by atoms with van der Waals surface area (Å²) in [5.41, 5.74) is 1.81. The molecule has 7 heteroatoms. The third kappa shape index (κ3) is 8.01. The zero-order chi connectivity index (χ0) is 25.2. The molecule has 0 bridgehead atoms. The molecule has 0 aliphatic rings. The van der Waals surface area contributed by atoms with Crippen molar-refractivity contribution in [2.24, 2.45) is 0 Å². The second-order valence-electron chi connectivity index (χ2n) is 8.39. The molecule has 0 saturated heterocycles. The predicted octanol–water partition coefficient (Wildman–Crippen LogP) is 5.93. The van der Waals surface area contributed by atoms with Crippen molar-refractivity contribution < 1.29 is 14.3 Å². The normalized spacial score (nSPS) is 12.5. The summed E-state index contributed by atoms with van der Waals surface area (Å²) in [5, 5.41) is 4.06. The van der Waals surface area contributed by atoms with E-state index in [2.05, 4.69) is 5.32 Å². The van der Waals surface area contributed by atoms with E-state index >= 15 is 0 Å². The molecule has 3 aromatic carbocycles. The fourth-order valence-electron chi connectivity index (χ4n) is 3.57. The summed E-state index contributed by atoms with van der Waals surface area (Å²) in [4.78, 5) is 28.6. The number of amides is 2. The number of nitrogens with zero attached hydrogens (tertiary/aromatic N) is 1. The molecule has 0 spiro atoms. The Bertz CT molecular complexity index is 1110. The molecule has 2 atom stereocenters. The summed E-state index contributed by atoms with van der Waals surface area (Å²) < 4.78 is 5.74. The van der Waals surface area contributed by atoms with Crippen molar-refractivity contribution >= 4 is 35.0 Å². The van der Waals surface area contributed by atoms with Gasteiger partial charge in [-0.3, -0.25) is 9.59 Å². The average molecular weight is 513 g/mol. The lowest BCUT2D eigenvalue weighted by Crippen LogP contribution is -2.53. The van der Waals surface area contributed by atoms with E-state index in [9.17, 15) is 9.59 Å². The first kappa shape index (κ1) is 26.6. The second kappa shape index (κ2) is 13.2. The van der Waals surface area contributed by atoms with Crippen LogP contribution < -0.4 is 10.1 Å². The van der Waals surface area contributed by atoms with Gasteiger partial charge in [0.25, 0.3) is 5.91 Å². The molecular formula is C28H30Cl2N2O3. The van der Waals surface area contributed by atoms with Gasteiger partial charge in [0.1, 0.15) is 11.8 Å². The van der Waals surface area contributed by atoms with E-state index in [1.165, 1.54) is 0 Å². The number of hydrogen-bond acceptors (Lipinski definition) is 3. The zero-order valence-electron chi connectivity index (χ0n) is 19.9. The van der Waals surface area contributed by atoms with Crippen molar-refractivity contribution in [1.82, 2.24) is 10.2 Å². The monoisotopic (exact) mass is 512 g/mol. The van der Waals surface area contributed by atoms with Crippen LogP contribution >= 0.6 is 23.2 Å². The van der Waals surface area contributed by atoms with Crippen molar-refractivity contribution in [3.8, 4) is 5.75 Å². The van der Waals surface area contributed by atoms with Crippen molar-refractivity contribution in [3.05, 3.63) is 100 Å². The summed E-state index contributed by atoms with van der Waals surface area (Å²) in [6.45, 7) is 3.93. The van der Waals surface area contributed by atoms with Gasteiger partial charge in [-0.25, -0.2) is 0 Å². The third-order valence-electron chi connectivity index (χ3n) is 5.73. The summed E-state index contributed by atoms with van der Waals surface area (Å²) in [6.07, 6.45) is 1.15. The highest BCUT2D eigenvalue weighted by Gasteiger charge is 2.31. The van der Waals surface area contributed by atoms with Crippen LogP contribution in [0.2, 0.25) is 10.0 Å². The molecular weight excluding hydrogens is 483 g/mol. The number of hydrogen-bond donors (Lipinski definition) is 1. The number of carbonyl (C=O) groups excluding carboxylic acids is 2. The first-order chi connectivity index (χ1) is 16.9. The maximum Gasteiger partial charge on any atom is 0.261 e. The van der Waals surface area contributed by atoms with Crippen molar-refractivity contribution in [3.63, 3.8) is 0 Å². The van der Waals surface area contributed by atoms with Gasteiger partial charge in [0, 0.05) is 24.0 Å². The molecule has 1 N–H and O–H groups in total. The van der Waals surface area contributed by atoms with Gasteiger partial charge in [0.2, 0.25) is 5.91 Å². The highest BCUT2D eigenvalue weighted by Crippen LogP contribution is 2.24. The molecule has 2 amide bonds. The van der Waals surface area contributed by atoms with E-state index in [-0.39, 0.29) is 31.0 Å². The number of rotatable bonds is 11. The molecule has 0 aliphatic heterocycles. The molecule has 0 aromatic heterocycles. The topological polar surface area (TPSA) is 58.6 Å². The molecule has 3 rings (SSSR count). The van der Waals surface area contributed by atoms with Gasteiger partial charge in [-0.05, 0) is 48.7 Å². The minimum Gasteiger partial charge on any atom is -0.482 e. The molecule has 0 fully saturated rings. The Morgan fingerprint density at radius 2 is 1.57 bits per heavy atom. The molecule has 3 aromatic rings. The molecule has 0 saturated carbocycles. The Balaban J connectivity index is 1.91. The Morgan fingerprint density at radius 1 is 0.914 bits per heavy atom. The zero-order valence-corrected chi connectivity index (χ0v) is 21.4. The average Bonchev–Trinajstić information content (AvgIpc) is 2.87. The van der Waals surface area contributed by atoms with E-state index in [4.69, 9.17) is 27.9 Å². The van der Waals surface area contributed by atoms with Crippen molar-refractivity contribution in [1.29, 1.82) is 0 Å². The maximum atomic E-state index is 13.5. The Hall–Kier alpha value is -3.02. The Labute approximate surface area is 217 Å². The van der Waals surface area contributed by atoms with Gasteiger partial charge < -0.3 is 15.0 Å². The smallest absolute Gasteiger partial charge is 0.261 e. The third-order valence-corrected chi connectivity index (χ3v) is 6.29. The van der Waals surface area contributed by atoms with E-state index in [0.29, 0.717) is 22.2 Å². The van der Waals surface area contributed by atoms with E-state index in [1.807, 2.05) is 56.3 Å². The number of ether oxygens (including phenoxy) is 1. The second-order valence-corrected chi connectivity index (χ2v) is 9.23. The van der Waals surface area contributed by atoms with Crippen LogP contribution in [0, 0.1) is 0 Å². The molecule has 0 radical (unpaired) electrons. The highest BCUT2D eigenvalue weighted by molar-refractivity contribution is 6.32. The molecule has 0 aliphatic carbocycles. The van der Waals surface area contributed by atoms with E-state index in [0.717, 1.165) is 17.5 Å². The number of carbonyl (C=O) groups is 2. The molecule has 184 valence electrons. The van der Waals surface area contributed by atoms with Crippen LogP contribution in [0.1, 0.15) is 31.4 Å². The summed E-state index contributed by atoms with van der Waals surface area (Å²) in [6, 6.07) is 23.1. The first-order valence-electron chi connectivity index (χ1n) is 11.6. The van der Waals surface area contributed by atoms with Gasteiger partial charge in [-0.1, -0.05) is 84.7 Å². The Morgan fingerprint density at radius 3 is 2.23 bits per heavy atom. The van der Waals surface area contributed by atoms with Gasteiger partial charge in [-0.2, -0.15) is 0 Å². The first-order valence-corrected chi connectivity index (χ1v) is 12.4. The summed E-state index contributed by atoms with van der Waals surface area (Å²) >= 11 is 12.3. The van der Waals surface area contributed by atoms with Crippen LogP contribution in [0.15, 0.2) is 78.9 Å². The lowest BCUT2D eigenvalue weighted by Gasteiger charge is -2.32. The van der Waals surface area contributed by atoms with Crippen LogP contribution in [-0.4, -0.2) is 35.4 Å². The maximum absolute atomic E-state index is 13.5. The molecule has 0 heterocycles. The van der Waals surface area contributed by atoms with Crippen LogP contribution in [0.25, 0.3) is 0 Å². The van der Waals surface area contributed by atoms with Crippen LogP contribution in [0.3, 0.4) is 0 Å². The number of halogens is 2. The van der Waals surface area contributed by atoms with Gasteiger partial charge in [0.05, 0.1) is 5.02 Å². The van der Waals surface area contributed by atoms with Crippen LogP contribution in [-0.2, 0) is 22.6 Å². The van der Waals surface area contributed by atoms with E-state index in [1.54, 1.807) is 41.3 Å². The van der Waals surface area contributed by atoms with Gasteiger partial charge in [0.15, 0.2) is 6.61 Å². The highest BCUT2D eigenvalue weighted by atomic mass is 35.5. The molecule has 35 heavy (non-hydrogen) atoms. The molecule has 0 unspecified atom stereocenters. The number of nitrogens with one attached hydrogen (secondary N) is 1. The number of para-hydroxylation sites is 1. The van der Waals surface area contributed by atoms with Crippen LogP contribution in [0.5, 0.6) is 5.75 Å². The largest absolute Gasteiger partial charge is 0.482 e. The lowest BCUT2D eigenvalue weighted by atomic mass is 10.0. The molecule has 5 nitrogen and oxygen atoms in total. The number of benzene rings is 3. The minimum atomic E-state index is -0.732. The van der Waals surface area contributed by atoms with E-state index < -0.39 is 6.04 Å². The summed E-state index contributed by atoms with van der Waals surface area (Å²) in [5.74, 6) is -0.110. The van der Waals surface area contributed by atoms with Crippen molar-refractivity contribution in [2.45, 2.75) is 45.3 Å². The van der Waals surface area contributed by atoms with Gasteiger partial charge >= 0.3 is 0 Å². The minimum absolute atomic E-state index is 0.0207. The fraction of sp³-hybridized carbons (Fsp3) is 0.286. The van der Waals surface area contributed by atoms with Crippen LogP contribution in [0.4, 0.5) is 0 Å². The standard InChI is InChI=1S/C28H30Cl2N2O3/c1-3-20(2)31-28(34)25(17-21-9-5-4-6-10-21)32(18-22-13-15-23(29)16-14-22)27(33)19-35-26-12-8-7-11-24(26)30/h4-16,20,25H,3,17-19H2,1-2H3,(H,31,34)/t20-,25+/m0/s1. The summed E-state index contributed by atoms with van der Waals surface area (Å²) in [7, 11) is 0. The lowest BCUT2D eigenvalue weighted by molar-refractivity contribution is -0.143. The van der Waals surface area contributed by atoms with Crippen molar-refractivity contribution in [2.75, 3.05) is 6.61 Å². The van der Waals surface area contributed by atoms with Gasteiger partial charge in [-0.15, -0.1) is 0 Å².